The summed E-state index contributed by atoms with van der Waals surface area (Å²) >= 11 is 9.53. The zero-order chi connectivity index (χ0) is 30.3. The maximum atomic E-state index is 14.3. The number of halogens is 2. The Bertz CT molecular complexity index is 1620. The first-order valence-electron chi connectivity index (χ1n) is 13.2. The fourth-order valence-corrected chi connectivity index (χ4v) is 6.29. The highest BCUT2D eigenvalue weighted by Crippen LogP contribution is 2.27. The lowest BCUT2D eigenvalue weighted by atomic mass is 10.0. The molecule has 0 aliphatic rings. The van der Waals surface area contributed by atoms with Crippen molar-refractivity contribution in [2.24, 2.45) is 0 Å². The summed E-state index contributed by atoms with van der Waals surface area (Å²) < 4.78 is 29.9. The van der Waals surface area contributed by atoms with E-state index in [1.54, 1.807) is 36.4 Å². The Hall–Kier alpha value is -3.66. The molecule has 7 nitrogen and oxygen atoms in total. The number of rotatable bonds is 11. The van der Waals surface area contributed by atoms with Crippen molar-refractivity contribution in [3.05, 3.63) is 129 Å². The van der Waals surface area contributed by atoms with Gasteiger partial charge in [0, 0.05) is 29.5 Å². The summed E-state index contributed by atoms with van der Waals surface area (Å²) in [5.41, 5.74) is 2.82. The monoisotopic (exact) mass is 667 g/mol. The quantitative estimate of drug-likeness (QED) is 0.213. The van der Waals surface area contributed by atoms with Crippen LogP contribution in [0.3, 0.4) is 0 Å². The fraction of sp³-hybridized carbons (Fsp3) is 0.188. The normalized spacial score (nSPS) is 11.9. The lowest BCUT2D eigenvalue weighted by Crippen LogP contribution is -2.53. The number of sulfonamides is 1. The molecule has 2 amide bonds. The molecule has 0 heterocycles. The molecule has 0 fully saturated rings. The number of likely N-dealkylation sites (N-methyl/N-ethyl adjacent to an activating group) is 1. The van der Waals surface area contributed by atoms with Crippen molar-refractivity contribution in [3.8, 4) is 0 Å². The van der Waals surface area contributed by atoms with E-state index in [1.165, 1.54) is 24.1 Å². The number of hydrogen-bond acceptors (Lipinski definition) is 4. The second-order valence-corrected chi connectivity index (χ2v) is 13.0. The highest BCUT2D eigenvalue weighted by Gasteiger charge is 2.34. The summed E-state index contributed by atoms with van der Waals surface area (Å²) in [7, 11) is -2.65. The van der Waals surface area contributed by atoms with Gasteiger partial charge in [-0.2, -0.15) is 0 Å². The molecule has 4 aromatic carbocycles. The Labute approximate surface area is 260 Å². The number of aryl methyl sites for hydroxylation is 1. The number of carbonyl (C=O) groups excluding carboxylic acids is 2. The third kappa shape index (κ3) is 7.79. The lowest BCUT2D eigenvalue weighted by Gasteiger charge is -2.33. The number of nitrogens with zero attached hydrogens (tertiary/aromatic N) is 2. The molecular formula is C32H31BrClN3O4S. The molecule has 0 radical (unpaired) electrons. The second kappa shape index (κ2) is 14.0. The number of benzene rings is 4. The molecule has 4 aromatic rings. The summed E-state index contributed by atoms with van der Waals surface area (Å²) in [5.74, 6) is -0.892. The minimum Gasteiger partial charge on any atom is -0.357 e. The van der Waals surface area contributed by atoms with Gasteiger partial charge in [-0.05, 0) is 66.6 Å². The third-order valence-corrected chi connectivity index (χ3v) is 9.35. The van der Waals surface area contributed by atoms with Crippen molar-refractivity contribution < 1.29 is 18.0 Å². The van der Waals surface area contributed by atoms with Gasteiger partial charge in [0.2, 0.25) is 11.8 Å². The zero-order valence-electron chi connectivity index (χ0n) is 23.2. The van der Waals surface area contributed by atoms with E-state index in [0.717, 1.165) is 25.5 Å². The Morgan fingerprint density at radius 1 is 0.857 bits per heavy atom. The van der Waals surface area contributed by atoms with Crippen LogP contribution in [0.1, 0.15) is 16.7 Å². The van der Waals surface area contributed by atoms with Gasteiger partial charge in [-0.25, -0.2) is 8.42 Å². The summed E-state index contributed by atoms with van der Waals surface area (Å²) in [5, 5.41) is 3.11. The van der Waals surface area contributed by atoms with Crippen LogP contribution in [0.25, 0.3) is 0 Å². The van der Waals surface area contributed by atoms with Crippen LogP contribution in [0.15, 0.2) is 112 Å². The molecule has 0 spiro atoms. The average molecular weight is 669 g/mol. The number of nitrogens with one attached hydrogen (secondary N) is 1. The molecule has 0 bridgehead atoms. The molecular weight excluding hydrogens is 638 g/mol. The third-order valence-electron chi connectivity index (χ3n) is 6.79. The molecule has 0 saturated heterocycles. The van der Waals surface area contributed by atoms with Crippen LogP contribution < -0.4 is 9.62 Å². The zero-order valence-corrected chi connectivity index (χ0v) is 26.4. The van der Waals surface area contributed by atoms with Crippen LogP contribution >= 0.6 is 27.5 Å². The molecule has 0 unspecified atom stereocenters. The molecule has 0 saturated carbocycles. The van der Waals surface area contributed by atoms with Crippen molar-refractivity contribution >= 4 is 55.1 Å². The van der Waals surface area contributed by atoms with Gasteiger partial charge < -0.3 is 10.2 Å². The van der Waals surface area contributed by atoms with Crippen molar-refractivity contribution in [3.63, 3.8) is 0 Å². The van der Waals surface area contributed by atoms with E-state index in [9.17, 15) is 18.0 Å². The minimum absolute atomic E-state index is 0.0439. The summed E-state index contributed by atoms with van der Waals surface area (Å²) in [6, 6.07) is 28.6. The molecule has 1 N–H and O–H groups in total. The number of hydrogen-bond donors (Lipinski definition) is 1. The average Bonchev–Trinajstić information content (AvgIpc) is 2.99. The maximum absolute atomic E-state index is 14.3. The number of anilines is 1. The SMILES string of the molecule is CNC(=O)[C@H](Cc1ccccc1)N(Cc1ccc(Br)cc1)C(=O)CN(c1ccc(Cl)cc1)S(=O)(=O)c1ccc(C)cc1. The Kier molecular flexibility index (Phi) is 10.4. The molecule has 42 heavy (non-hydrogen) atoms. The van der Waals surface area contributed by atoms with E-state index < -0.39 is 28.5 Å². The first-order valence-corrected chi connectivity index (χ1v) is 15.8. The van der Waals surface area contributed by atoms with Gasteiger partial charge in [-0.15, -0.1) is 0 Å². The van der Waals surface area contributed by atoms with Crippen molar-refractivity contribution in [2.75, 3.05) is 17.9 Å². The second-order valence-electron chi connectivity index (χ2n) is 9.77. The highest BCUT2D eigenvalue weighted by molar-refractivity contribution is 9.10. The topological polar surface area (TPSA) is 86.8 Å². The van der Waals surface area contributed by atoms with Gasteiger partial charge >= 0.3 is 0 Å². The first-order chi connectivity index (χ1) is 20.1. The lowest BCUT2D eigenvalue weighted by molar-refractivity contribution is -0.139. The van der Waals surface area contributed by atoms with Crippen molar-refractivity contribution in [1.82, 2.24) is 10.2 Å². The summed E-state index contributed by atoms with van der Waals surface area (Å²) in [6.07, 6.45) is 0.244. The predicted molar refractivity (Wildman–Crippen MR) is 170 cm³/mol. The van der Waals surface area contributed by atoms with E-state index in [0.29, 0.717) is 5.02 Å². The predicted octanol–water partition coefficient (Wildman–Crippen LogP) is 5.99. The van der Waals surface area contributed by atoms with Crippen LogP contribution in [-0.4, -0.2) is 44.8 Å². The van der Waals surface area contributed by atoms with Gasteiger partial charge in [0.05, 0.1) is 10.6 Å². The summed E-state index contributed by atoms with van der Waals surface area (Å²) in [4.78, 5) is 29.0. The van der Waals surface area contributed by atoms with E-state index in [1.807, 2.05) is 61.5 Å². The van der Waals surface area contributed by atoms with E-state index in [-0.39, 0.29) is 29.5 Å². The van der Waals surface area contributed by atoms with Crippen LogP contribution in [0, 0.1) is 6.92 Å². The molecule has 1 atom stereocenters. The molecule has 218 valence electrons. The smallest absolute Gasteiger partial charge is 0.264 e. The highest BCUT2D eigenvalue weighted by atomic mass is 79.9. The maximum Gasteiger partial charge on any atom is 0.264 e. The van der Waals surface area contributed by atoms with Crippen LogP contribution in [0.5, 0.6) is 0 Å². The largest absolute Gasteiger partial charge is 0.357 e. The Balaban J connectivity index is 1.77. The molecule has 0 aliphatic heterocycles. The fourth-order valence-electron chi connectivity index (χ4n) is 4.48. The van der Waals surface area contributed by atoms with E-state index >= 15 is 0 Å². The first kappa shape index (κ1) is 31.3. The van der Waals surface area contributed by atoms with Gasteiger partial charge in [0.1, 0.15) is 12.6 Å². The Morgan fingerprint density at radius 3 is 2.07 bits per heavy atom. The van der Waals surface area contributed by atoms with Gasteiger partial charge in [-0.1, -0.05) is 87.7 Å². The van der Waals surface area contributed by atoms with Crippen LogP contribution in [0.4, 0.5) is 5.69 Å². The molecule has 0 aliphatic carbocycles. The molecule has 10 heteroatoms. The van der Waals surface area contributed by atoms with E-state index in [2.05, 4.69) is 21.2 Å². The molecule has 0 aromatic heterocycles. The van der Waals surface area contributed by atoms with Crippen LogP contribution in [-0.2, 0) is 32.6 Å². The van der Waals surface area contributed by atoms with Crippen molar-refractivity contribution in [2.45, 2.75) is 30.8 Å². The number of carbonyl (C=O) groups is 2. The number of amides is 2. The standard InChI is InChI=1S/C32H31BrClN3O4S/c1-23-8-18-29(19-9-23)42(40,41)37(28-16-14-27(34)15-17-28)22-31(38)36(21-25-10-12-26(33)13-11-25)30(32(39)35-2)20-24-6-4-3-5-7-24/h3-19,30H,20-22H2,1-2H3,(H,35,39)/t30-/m0/s1. The van der Waals surface area contributed by atoms with Crippen LogP contribution in [0.2, 0.25) is 5.02 Å². The van der Waals surface area contributed by atoms with Crippen molar-refractivity contribution in [1.29, 1.82) is 0 Å². The summed E-state index contributed by atoms with van der Waals surface area (Å²) in [6.45, 7) is 1.43. The molecule has 4 rings (SSSR count). The van der Waals surface area contributed by atoms with Gasteiger partial charge in [0.25, 0.3) is 10.0 Å². The van der Waals surface area contributed by atoms with Gasteiger partial charge in [0.15, 0.2) is 0 Å². The minimum atomic E-state index is -4.17. The van der Waals surface area contributed by atoms with Gasteiger partial charge in [-0.3, -0.25) is 13.9 Å². The Morgan fingerprint density at radius 2 is 1.48 bits per heavy atom. The van der Waals surface area contributed by atoms with E-state index in [4.69, 9.17) is 11.6 Å².